The number of rotatable bonds is 6. The van der Waals surface area contributed by atoms with Crippen molar-refractivity contribution in [1.29, 1.82) is 0 Å². The monoisotopic (exact) mass is 485 g/mol. The molecule has 2 aromatic rings. The van der Waals surface area contributed by atoms with Crippen LogP contribution in [0.5, 0.6) is 11.5 Å². The van der Waals surface area contributed by atoms with Gasteiger partial charge in [0.25, 0.3) is 0 Å². The van der Waals surface area contributed by atoms with E-state index in [9.17, 15) is 9.59 Å². The molecule has 8 heteroatoms. The van der Waals surface area contributed by atoms with Crippen LogP contribution in [0.2, 0.25) is 0 Å². The van der Waals surface area contributed by atoms with Crippen LogP contribution in [0, 0.1) is 0 Å². The van der Waals surface area contributed by atoms with E-state index in [2.05, 4.69) is 26.3 Å². The largest absolute Gasteiger partial charge is 0.486 e. The Bertz CT molecular complexity index is 1010. The molecule has 0 fully saturated rings. The SMILES string of the molecule is CC(NC(=O)CCC(=O)N1CCC(c2ccccc2)=N1)c1cc2c(cc1Br)OCCO2. The number of amides is 2. The second-order valence-corrected chi connectivity index (χ2v) is 8.34. The molecule has 0 saturated heterocycles. The zero-order valence-electron chi connectivity index (χ0n) is 17.3. The van der Waals surface area contributed by atoms with Crippen molar-refractivity contribution >= 4 is 33.5 Å². The Morgan fingerprint density at radius 3 is 2.58 bits per heavy atom. The Hall–Kier alpha value is -2.87. The zero-order valence-corrected chi connectivity index (χ0v) is 18.9. The van der Waals surface area contributed by atoms with E-state index < -0.39 is 0 Å². The lowest BCUT2D eigenvalue weighted by molar-refractivity contribution is -0.133. The predicted octanol–water partition coefficient (Wildman–Crippen LogP) is 3.81. The molecular formula is C23H24BrN3O4. The maximum Gasteiger partial charge on any atom is 0.243 e. The Labute approximate surface area is 189 Å². The summed E-state index contributed by atoms with van der Waals surface area (Å²) < 4.78 is 12.0. The molecule has 2 aliphatic rings. The van der Waals surface area contributed by atoms with E-state index in [-0.39, 0.29) is 30.7 Å². The van der Waals surface area contributed by atoms with E-state index in [1.165, 1.54) is 5.01 Å². The first kappa shape index (κ1) is 21.4. The van der Waals surface area contributed by atoms with Gasteiger partial charge >= 0.3 is 0 Å². The van der Waals surface area contributed by atoms with Gasteiger partial charge in [0.15, 0.2) is 11.5 Å². The summed E-state index contributed by atoms with van der Waals surface area (Å²) in [6, 6.07) is 13.3. The summed E-state index contributed by atoms with van der Waals surface area (Å²) in [6.45, 7) is 3.47. The average molecular weight is 486 g/mol. The number of nitrogens with zero attached hydrogens (tertiary/aromatic N) is 2. The molecule has 0 saturated carbocycles. The summed E-state index contributed by atoms with van der Waals surface area (Å²) in [4.78, 5) is 24.9. The number of ether oxygens (including phenoxy) is 2. The molecule has 2 aliphatic heterocycles. The Morgan fingerprint density at radius 2 is 1.84 bits per heavy atom. The standard InChI is InChI=1S/C23H24BrN3O4/c1-15(17-13-20-21(14-18(17)24)31-12-11-30-20)25-22(28)7-8-23(29)27-10-9-19(26-27)16-5-3-2-4-6-16/h2-6,13-15H,7-12H2,1H3,(H,25,28). The lowest BCUT2D eigenvalue weighted by Crippen LogP contribution is -2.29. The van der Waals surface area contributed by atoms with Gasteiger partial charge in [0.05, 0.1) is 18.3 Å². The number of benzene rings is 2. The molecule has 1 N–H and O–H groups in total. The van der Waals surface area contributed by atoms with Gasteiger partial charge in [-0.1, -0.05) is 46.3 Å². The van der Waals surface area contributed by atoms with E-state index in [1.54, 1.807) is 0 Å². The molecule has 0 aromatic heterocycles. The third kappa shape index (κ3) is 5.07. The molecular weight excluding hydrogens is 462 g/mol. The van der Waals surface area contributed by atoms with Gasteiger partial charge in [-0.15, -0.1) is 0 Å². The number of carbonyl (C=O) groups is 2. The van der Waals surface area contributed by atoms with Gasteiger partial charge in [-0.25, -0.2) is 5.01 Å². The molecule has 2 aromatic carbocycles. The molecule has 2 heterocycles. The van der Waals surface area contributed by atoms with Crippen molar-refractivity contribution in [1.82, 2.24) is 10.3 Å². The van der Waals surface area contributed by atoms with Crippen LogP contribution < -0.4 is 14.8 Å². The first-order chi connectivity index (χ1) is 15.0. The summed E-state index contributed by atoms with van der Waals surface area (Å²) in [7, 11) is 0. The van der Waals surface area contributed by atoms with Gasteiger partial charge in [0, 0.05) is 23.7 Å². The maximum absolute atomic E-state index is 12.5. The molecule has 0 spiro atoms. The fraction of sp³-hybridized carbons (Fsp3) is 0.348. The summed E-state index contributed by atoms with van der Waals surface area (Å²) in [5.74, 6) is 1.03. The topological polar surface area (TPSA) is 80.2 Å². The van der Waals surface area contributed by atoms with E-state index in [4.69, 9.17) is 9.47 Å². The molecule has 0 aliphatic carbocycles. The Morgan fingerprint density at radius 1 is 1.13 bits per heavy atom. The third-order valence-corrected chi connectivity index (χ3v) is 5.95. The molecule has 1 unspecified atom stereocenters. The number of carbonyl (C=O) groups excluding carboxylic acids is 2. The minimum Gasteiger partial charge on any atom is -0.486 e. The van der Waals surface area contributed by atoms with E-state index in [0.29, 0.717) is 31.3 Å². The first-order valence-electron chi connectivity index (χ1n) is 10.3. The van der Waals surface area contributed by atoms with Crippen LogP contribution in [0.1, 0.15) is 43.4 Å². The molecule has 2 amide bonds. The summed E-state index contributed by atoms with van der Waals surface area (Å²) in [5.41, 5.74) is 2.81. The highest BCUT2D eigenvalue weighted by atomic mass is 79.9. The molecule has 0 bridgehead atoms. The second kappa shape index (κ2) is 9.51. The van der Waals surface area contributed by atoms with Crippen LogP contribution in [0.25, 0.3) is 0 Å². The van der Waals surface area contributed by atoms with Crippen LogP contribution in [-0.4, -0.2) is 42.3 Å². The van der Waals surface area contributed by atoms with E-state index in [0.717, 1.165) is 27.7 Å². The Balaban J connectivity index is 1.30. The minimum atomic E-state index is -0.248. The van der Waals surface area contributed by atoms with Crippen LogP contribution in [0.3, 0.4) is 0 Å². The van der Waals surface area contributed by atoms with Crippen LogP contribution in [0.15, 0.2) is 52.0 Å². The number of fused-ring (bicyclic) bond motifs is 1. The lowest BCUT2D eigenvalue weighted by atomic mass is 10.1. The van der Waals surface area contributed by atoms with E-state index >= 15 is 0 Å². The quantitative estimate of drug-likeness (QED) is 0.674. The molecule has 162 valence electrons. The second-order valence-electron chi connectivity index (χ2n) is 7.49. The molecule has 0 radical (unpaired) electrons. The number of hydrogen-bond acceptors (Lipinski definition) is 5. The number of halogens is 1. The van der Waals surface area contributed by atoms with Crippen molar-refractivity contribution < 1.29 is 19.1 Å². The fourth-order valence-corrected chi connectivity index (χ4v) is 4.29. The van der Waals surface area contributed by atoms with Crippen molar-refractivity contribution in [3.8, 4) is 11.5 Å². The van der Waals surface area contributed by atoms with Crippen LogP contribution in [-0.2, 0) is 9.59 Å². The Kier molecular flexibility index (Phi) is 6.56. The van der Waals surface area contributed by atoms with E-state index in [1.807, 2.05) is 49.4 Å². The fourth-order valence-electron chi connectivity index (χ4n) is 3.62. The molecule has 31 heavy (non-hydrogen) atoms. The first-order valence-corrected chi connectivity index (χ1v) is 11.1. The van der Waals surface area contributed by atoms with Gasteiger partial charge in [-0.2, -0.15) is 5.10 Å². The van der Waals surface area contributed by atoms with Gasteiger partial charge in [-0.3, -0.25) is 9.59 Å². The van der Waals surface area contributed by atoms with Crippen molar-refractivity contribution in [3.63, 3.8) is 0 Å². The van der Waals surface area contributed by atoms with Crippen LogP contribution in [0.4, 0.5) is 0 Å². The summed E-state index contributed by atoms with van der Waals surface area (Å²) in [5, 5.41) is 8.86. The average Bonchev–Trinajstić information content (AvgIpc) is 3.28. The smallest absolute Gasteiger partial charge is 0.243 e. The van der Waals surface area contributed by atoms with Gasteiger partial charge < -0.3 is 14.8 Å². The molecule has 7 nitrogen and oxygen atoms in total. The zero-order chi connectivity index (χ0) is 21.8. The third-order valence-electron chi connectivity index (χ3n) is 5.27. The minimum absolute atomic E-state index is 0.109. The van der Waals surface area contributed by atoms with Crippen molar-refractivity contribution in [2.45, 2.75) is 32.2 Å². The van der Waals surface area contributed by atoms with Gasteiger partial charge in [-0.05, 0) is 30.2 Å². The number of hydrazone groups is 1. The maximum atomic E-state index is 12.5. The van der Waals surface area contributed by atoms with Crippen molar-refractivity contribution in [2.24, 2.45) is 5.10 Å². The lowest BCUT2D eigenvalue weighted by Gasteiger charge is -2.22. The number of hydrogen-bond donors (Lipinski definition) is 1. The highest BCUT2D eigenvalue weighted by molar-refractivity contribution is 9.10. The highest BCUT2D eigenvalue weighted by Crippen LogP contribution is 2.37. The van der Waals surface area contributed by atoms with Gasteiger partial charge in [0.1, 0.15) is 13.2 Å². The molecule has 4 rings (SSSR count). The predicted molar refractivity (Wildman–Crippen MR) is 120 cm³/mol. The summed E-state index contributed by atoms with van der Waals surface area (Å²) >= 11 is 3.54. The van der Waals surface area contributed by atoms with Gasteiger partial charge in [0.2, 0.25) is 11.8 Å². The van der Waals surface area contributed by atoms with Crippen LogP contribution >= 0.6 is 15.9 Å². The molecule has 1 atom stereocenters. The van der Waals surface area contributed by atoms with Crippen molar-refractivity contribution in [2.75, 3.05) is 19.8 Å². The van der Waals surface area contributed by atoms with Crippen molar-refractivity contribution in [3.05, 3.63) is 58.1 Å². The normalized spacial score (nSPS) is 15.9. The number of nitrogens with one attached hydrogen (secondary N) is 1. The summed E-state index contributed by atoms with van der Waals surface area (Å²) in [6.07, 6.45) is 0.946. The highest BCUT2D eigenvalue weighted by Gasteiger charge is 2.23.